The van der Waals surface area contributed by atoms with Crippen molar-refractivity contribution in [2.75, 3.05) is 0 Å². The summed E-state index contributed by atoms with van der Waals surface area (Å²) in [6, 6.07) is 4.58. The lowest BCUT2D eigenvalue weighted by molar-refractivity contribution is 0.347. The first-order valence-corrected chi connectivity index (χ1v) is 6.97. The number of nitrogens with zero attached hydrogens (tertiary/aromatic N) is 2. The molecule has 0 heterocycles. The summed E-state index contributed by atoms with van der Waals surface area (Å²) in [4.78, 5) is 0. The van der Waals surface area contributed by atoms with Crippen molar-refractivity contribution in [1.29, 1.82) is 10.5 Å². The van der Waals surface area contributed by atoms with E-state index in [1.807, 2.05) is 0 Å². The summed E-state index contributed by atoms with van der Waals surface area (Å²) in [5, 5.41) is 18.9. The van der Waals surface area contributed by atoms with Crippen LogP contribution in [0.15, 0.2) is 23.8 Å². The van der Waals surface area contributed by atoms with Gasteiger partial charge in [0.1, 0.15) is 0 Å². The summed E-state index contributed by atoms with van der Waals surface area (Å²) in [6.45, 7) is 2.20. The normalized spacial score (nSPS) is 29.4. The quantitative estimate of drug-likeness (QED) is 0.681. The standard InChI is InChI=1S/C16H20N2/c1-2-6-13-7-5-10-16(11-17,12-18)15-9-4-3-8-14(13)15/h5,7,9,13-14H,2-4,6,8,10H2,1H3/t13-,14+/m1/s1. The Bertz CT molecular complexity index is 431. The number of nitriles is 2. The van der Waals surface area contributed by atoms with Crippen LogP contribution in [0.1, 0.15) is 45.4 Å². The first-order valence-electron chi connectivity index (χ1n) is 6.97. The number of rotatable bonds is 2. The van der Waals surface area contributed by atoms with Crippen LogP contribution in [0.3, 0.4) is 0 Å². The van der Waals surface area contributed by atoms with Gasteiger partial charge in [-0.05, 0) is 43.1 Å². The lowest BCUT2D eigenvalue weighted by Crippen LogP contribution is -2.28. The molecule has 2 atom stereocenters. The molecule has 0 radical (unpaired) electrons. The van der Waals surface area contributed by atoms with Crippen LogP contribution in [-0.4, -0.2) is 0 Å². The Morgan fingerprint density at radius 1 is 1.39 bits per heavy atom. The third kappa shape index (κ3) is 2.08. The lowest BCUT2D eigenvalue weighted by atomic mass is 9.67. The van der Waals surface area contributed by atoms with Crippen LogP contribution >= 0.6 is 0 Å². The topological polar surface area (TPSA) is 47.6 Å². The van der Waals surface area contributed by atoms with Crippen molar-refractivity contribution in [1.82, 2.24) is 0 Å². The Hall–Kier alpha value is -1.54. The average molecular weight is 240 g/mol. The van der Waals surface area contributed by atoms with E-state index >= 15 is 0 Å². The maximum Gasteiger partial charge on any atom is 0.168 e. The average Bonchev–Trinajstić information content (AvgIpc) is 2.58. The summed E-state index contributed by atoms with van der Waals surface area (Å²) in [5.41, 5.74) is 0.214. The Kier molecular flexibility index (Phi) is 3.87. The fourth-order valence-corrected chi connectivity index (χ4v) is 3.39. The molecule has 94 valence electrons. The van der Waals surface area contributed by atoms with E-state index in [1.54, 1.807) is 0 Å². The number of hydrogen-bond acceptors (Lipinski definition) is 2. The molecule has 0 saturated heterocycles. The Morgan fingerprint density at radius 2 is 2.17 bits per heavy atom. The zero-order chi connectivity index (χ0) is 13.0. The predicted molar refractivity (Wildman–Crippen MR) is 71.2 cm³/mol. The molecule has 18 heavy (non-hydrogen) atoms. The largest absolute Gasteiger partial charge is 0.196 e. The maximum atomic E-state index is 9.47. The van der Waals surface area contributed by atoms with Crippen molar-refractivity contribution in [3.63, 3.8) is 0 Å². The van der Waals surface area contributed by atoms with Gasteiger partial charge < -0.3 is 0 Å². The van der Waals surface area contributed by atoms with Crippen LogP contribution in [0.2, 0.25) is 0 Å². The third-order valence-corrected chi connectivity index (χ3v) is 4.30. The molecule has 0 aliphatic heterocycles. The van der Waals surface area contributed by atoms with Crippen molar-refractivity contribution in [3.05, 3.63) is 23.8 Å². The number of fused-ring (bicyclic) bond motifs is 1. The molecule has 2 nitrogen and oxygen atoms in total. The SMILES string of the molecule is CCC[C@@H]1C=CCC(C#N)(C#N)C2=CCCC[C@H]21. The van der Waals surface area contributed by atoms with Gasteiger partial charge in [-0.15, -0.1) is 0 Å². The van der Waals surface area contributed by atoms with E-state index < -0.39 is 5.41 Å². The van der Waals surface area contributed by atoms with Crippen molar-refractivity contribution in [2.24, 2.45) is 17.3 Å². The van der Waals surface area contributed by atoms with Gasteiger partial charge in [0.25, 0.3) is 0 Å². The molecule has 2 heteroatoms. The molecule has 0 fully saturated rings. The second-order valence-corrected chi connectivity index (χ2v) is 5.41. The molecular weight excluding hydrogens is 220 g/mol. The second kappa shape index (κ2) is 5.40. The highest BCUT2D eigenvalue weighted by molar-refractivity contribution is 5.39. The smallest absolute Gasteiger partial charge is 0.168 e. The minimum atomic E-state index is -0.899. The lowest BCUT2D eigenvalue weighted by Gasteiger charge is -2.33. The molecule has 0 amide bonds. The van der Waals surface area contributed by atoms with E-state index in [-0.39, 0.29) is 0 Å². The molecule has 2 rings (SSSR count). The first kappa shape index (κ1) is 12.9. The van der Waals surface area contributed by atoms with Crippen molar-refractivity contribution in [2.45, 2.75) is 45.4 Å². The predicted octanol–water partition coefficient (Wildman–Crippen LogP) is 4.12. The molecule has 2 aliphatic rings. The van der Waals surface area contributed by atoms with E-state index in [1.165, 1.54) is 6.42 Å². The van der Waals surface area contributed by atoms with Crippen LogP contribution < -0.4 is 0 Å². The van der Waals surface area contributed by atoms with Gasteiger partial charge in [0.2, 0.25) is 0 Å². The molecule has 0 aromatic rings. The summed E-state index contributed by atoms with van der Waals surface area (Å²) in [7, 11) is 0. The summed E-state index contributed by atoms with van der Waals surface area (Å²) in [6.07, 6.45) is 12.7. The van der Waals surface area contributed by atoms with E-state index in [2.05, 4.69) is 37.3 Å². The van der Waals surface area contributed by atoms with E-state index in [9.17, 15) is 10.5 Å². The Morgan fingerprint density at radius 3 is 2.83 bits per heavy atom. The fraction of sp³-hybridized carbons (Fsp3) is 0.625. The molecule has 0 bridgehead atoms. The molecule has 0 aromatic heterocycles. The van der Waals surface area contributed by atoms with Crippen molar-refractivity contribution < 1.29 is 0 Å². The van der Waals surface area contributed by atoms with Crippen LogP contribution in [0.25, 0.3) is 0 Å². The van der Waals surface area contributed by atoms with Gasteiger partial charge in [-0.1, -0.05) is 31.6 Å². The molecular formula is C16H20N2. The van der Waals surface area contributed by atoms with Gasteiger partial charge in [0.15, 0.2) is 5.41 Å². The van der Waals surface area contributed by atoms with E-state index in [0.717, 1.165) is 31.3 Å². The summed E-state index contributed by atoms with van der Waals surface area (Å²) >= 11 is 0. The monoisotopic (exact) mass is 240 g/mol. The first-order chi connectivity index (χ1) is 8.77. The van der Waals surface area contributed by atoms with E-state index in [4.69, 9.17) is 0 Å². The van der Waals surface area contributed by atoms with Crippen LogP contribution in [0.5, 0.6) is 0 Å². The van der Waals surface area contributed by atoms with Gasteiger partial charge in [-0.25, -0.2) is 0 Å². The molecule has 2 aliphatic carbocycles. The number of allylic oxidation sites excluding steroid dienone is 4. The fourth-order valence-electron chi connectivity index (χ4n) is 3.39. The van der Waals surface area contributed by atoms with Crippen LogP contribution in [-0.2, 0) is 0 Å². The van der Waals surface area contributed by atoms with Gasteiger partial charge >= 0.3 is 0 Å². The number of hydrogen-bond donors (Lipinski definition) is 0. The van der Waals surface area contributed by atoms with Crippen LogP contribution in [0, 0.1) is 39.9 Å². The molecule has 0 spiro atoms. The summed E-state index contributed by atoms with van der Waals surface area (Å²) in [5.74, 6) is 0.932. The Balaban J connectivity index is 2.42. The zero-order valence-electron chi connectivity index (χ0n) is 11.0. The molecule has 0 N–H and O–H groups in total. The zero-order valence-corrected chi connectivity index (χ0v) is 11.0. The van der Waals surface area contributed by atoms with Gasteiger partial charge in [-0.2, -0.15) is 10.5 Å². The molecule has 0 unspecified atom stereocenters. The molecule has 0 saturated carbocycles. The third-order valence-electron chi connectivity index (χ3n) is 4.30. The second-order valence-electron chi connectivity index (χ2n) is 5.41. The highest BCUT2D eigenvalue weighted by atomic mass is 14.5. The minimum absolute atomic E-state index is 0.414. The summed E-state index contributed by atoms with van der Waals surface area (Å²) < 4.78 is 0. The maximum absolute atomic E-state index is 9.47. The van der Waals surface area contributed by atoms with Crippen molar-refractivity contribution >= 4 is 0 Å². The van der Waals surface area contributed by atoms with Crippen molar-refractivity contribution in [3.8, 4) is 12.1 Å². The van der Waals surface area contributed by atoms with Gasteiger partial charge in [-0.3, -0.25) is 0 Å². The van der Waals surface area contributed by atoms with Crippen LogP contribution in [0.4, 0.5) is 0 Å². The highest BCUT2D eigenvalue weighted by Crippen LogP contribution is 2.47. The van der Waals surface area contributed by atoms with E-state index in [0.29, 0.717) is 18.3 Å². The highest BCUT2D eigenvalue weighted by Gasteiger charge is 2.42. The Labute approximate surface area is 110 Å². The van der Waals surface area contributed by atoms with Gasteiger partial charge in [0, 0.05) is 6.42 Å². The minimum Gasteiger partial charge on any atom is -0.196 e. The van der Waals surface area contributed by atoms with Gasteiger partial charge in [0.05, 0.1) is 12.1 Å². The molecule has 0 aromatic carbocycles.